The summed E-state index contributed by atoms with van der Waals surface area (Å²) in [6.07, 6.45) is 12.6. The highest BCUT2D eigenvalue weighted by molar-refractivity contribution is 5.75. The molecule has 5 rings (SSSR count). The Hall–Kier alpha value is -3.52. The van der Waals surface area contributed by atoms with Crippen molar-refractivity contribution in [2.45, 2.75) is 51.1 Å². The summed E-state index contributed by atoms with van der Waals surface area (Å²) < 4.78 is 1.96. The summed E-state index contributed by atoms with van der Waals surface area (Å²) in [5, 5.41) is 8.16. The molecule has 8 heteroatoms. The van der Waals surface area contributed by atoms with E-state index in [-0.39, 0.29) is 11.5 Å². The van der Waals surface area contributed by atoms with E-state index in [9.17, 15) is 0 Å². The number of piperidine rings is 1. The molecule has 0 spiro atoms. The fourth-order valence-corrected chi connectivity index (χ4v) is 4.46. The average molecular weight is 457 g/mol. The Labute approximate surface area is 200 Å². The van der Waals surface area contributed by atoms with Gasteiger partial charge in [0.1, 0.15) is 0 Å². The number of benzene rings is 1. The SMILES string of the molecule is CCn1cc(-c2ccnc(Nc3ccc(N4CCC(C)(N)CC4)cc3)n2)c(C2C=NC=CC2)n1. The van der Waals surface area contributed by atoms with Crippen LogP contribution >= 0.6 is 0 Å². The second-order valence-corrected chi connectivity index (χ2v) is 9.39. The Balaban J connectivity index is 1.33. The molecule has 1 unspecified atom stereocenters. The molecule has 2 aliphatic rings. The van der Waals surface area contributed by atoms with Crippen LogP contribution in [-0.2, 0) is 6.54 Å². The second-order valence-electron chi connectivity index (χ2n) is 9.39. The van der Waals surface area contributed by atoms with Crippen LogP contribution in [0.15, 0.2) is 60.0 Å². The Morgan fingerprint density at radius 2 is 1.94 bits per heavy atom. The van der Waals surface area contributed by atoms with E-state index in [0.29, 0.717) is 5.95 Å². The average Bonchev–Trinajstić information content (AvgIpc) is 3.30. The predicted molar refractivity (Wildman–Crippen MR) is 138 cm³/mol. The Bertz CT molecular complexity index is 1180. The third kappa shape index (κ3) is 4.87. The van der Waals surface area contributed by atoms with Crippen molar-refractivity contribution in [2.75, 3.05) is 23.3 Å². The van der Waals surface area contributed by atoms with Gasteiger partial charge < -0.3 is 16.0 Å². The van der Waals surface area contributed by atoms with Gasteiger partial charge in [-0.1, -0.05) is 6.08 Å². The van der Waals surface area contributed by atoms with Crippen LogP contribution in [0.25, 0.3) is 11.3 Å². The summed E-state index contributed by atoms with van der Waals surface area (Å²) in [6, 6.07) is 10.4. The van der Waals surface area contributed by atoms with Crippen molar-refractivity contribution in [2.24, 2.45) is 10.7 Å². The van der Waals surface area contributed by atoms with Crippen LogP contribution in [0.1, 0.15) is 44.7 Å². The number of hydrogen-bond acceptors (Lipinski definition) is 7. The molecule has 3 N–H and O–H groups in total. The van der Waals surface area contributed by atoms with Crippen LogP contribution < -0.4 is 16.0 Å². The van der Waals surface area contributed by atoms with Crippen LogP contribution in [-0.4, -0.2) is 44.6 Å². The molecule has 4 heterocycles. The number of aromatic nitrogens is 4. The van der Waals surface area contributed by atoms with Crippen molar-refractivity contribution in [3.8, 4) is 11.3 Å². The van der Waals surface area contributed by atoms with Gasteiger partial charge in [-0.2, -0.15) is 5.10 Å². The van der Waals surface area contributed by atoms with E-state index in [1.165, 1.54) is 5.69 Å². The van der Waals surface area contributed by atoms with Gasteiger partial charge in [-0.3, -0.25) is 9.67 Å². The third-order valence-electron chi connectivity index (χ3n) is 6.64. The summed E-state index contributed by atoms with van der Waals surface area (Å²) in [5.41, 5.74) is 11.3. The minimum Gasteiger partial charge on any atom is -0.371 e. The van der Waals surface area contributed by atoms with Crippen LogP contribution in [0.5, 0.6) is 0 Å². The predicted octanol–water partition coefficient (Wildman–Crippen LogP) is 4.49. The highest BCUT2D eigenvalue weighted by atomic mass is 15.3. The molecule has 1 aromatic carbocycles. The smallest absolute Gasteiger partial charge is 0.227 e. The number of aryl methyl sites for hydroxylation is 1. The fraction of sp³-hybridized carbons (Fsp3) is 0.385. The molecule has 2 aliphatic heterocycles. The summed E-state index contributed by atoms with van der Waals surface area (Å²) in [4.78, 5) is 16.0. The van der Waals surface area contributed by atoms with E-state index >= 15 is 0 Å². The zero-order chi connectivity index (χ0) is 23.5. The van der Waals surface area contributed by atoms with Crippen molar-refractivity contribution >= 4 is 23.5 Å². The molecule has 0 radical (unpaired) electrons. The highest BCUT2D eigenvalue weighted by Gasteiger charge is 2.26. The normalized spacial score (nSPS) is 19.4. The zero-order valence-electron chi connectivity index (χ0n) is 19.9. The number of aliphatic imine (C=N–C) groups is 1. The molecular formula is C26H32N8. The Morgan fingerprint density at radius 3 is 2.65 bits per heavy atom. The van der Waals surface area contributed by atoms with Crippen LogP contribution in [0.2, 0.25) is 0 Å². The first kappa shape index (κ1) is 22.3. The number of hydrogen-bond donors (Lipinski definition) is 2. The number of allylic oxidation sites excluding steroid dienone is 1. The Kier molecular flexibility index (Phi) is 6.15. The van der Waals surface area contributed by atoms with Gasteiger partial charge in [-0.15, -0.1) is 0 Å². The topological polar surface area (TPSA) is 97.2 Å². The molecule has 176 valence electrons. The molecule has 0 amide bonds. The van der Waals surface area contributed by atoms with Gasteiger partial charge in [0.15, 0.2) is 0 Å². The minimum absolute atomic E-state index is 0.0473. The summed E-state index contributed by atoms with van der Waals surface area (Å²) in [7, 11) is 0. The van der Waals surface area contributed by atoms with Gasteiger partial charge in [-0.25, -0.2) is 9.97 Å². The van der Waals surface area contributed by atoms with E-state index in [4.69, 9.17) is 15.8 Å². The summed E-state index contributed by atoms with van der Waals surface area (Å²) in [5.74, 6) is 0.716. The lowest BCUT2D eigenvalue weighted by Gasteiger charge is -2.38. The molecule has 2 aromatic heterocycles. The van der Waals surface area contributed by atoms with E-state index in [1.807, 2.05) is 23.2 Å². The van der Waals surface area contributed by atoms with Crippen molar-refractivity contribution < 1.29 is 0 Å². The molecule has 1 fully saturated rings. The van der Waals surface area contributed by atoms with Crippen molar-refractivity contribution in [1.29, 1.82) is 0 Å². The van der Waals surface area contributed by atoms with E-state index in [0.717, 1.165) is 61.5 Å². The standard InChI is InChI=1S/C26H32N8/c1-3-34-18-22(24(32-34)19-5-4-13-28-17-19)23-10-14-29-25(31-23)30-20-6-8-21(9-7-20)33-15-11-26(2,27)12-16-33/h4,6-10,13-14,17-19H,3,5,11-12,15-16,27H2,1-2H3,(H,29,30,31). The number of nitrogens with two attached hydrogens (primary N) is 1. The van der Waals surface area contributed by atoms with E-state index in [2.05, 4.69) is 70.6 Å². The van der Waals surface area contributed by atoms with Gasteiger partial charge >= 0.3 is 0 Å². The number of anilines is 3. The monoisotopic (exact) mass is 456 g/mol. The maximum absolute atomic E-state index is 6.28. The van der Waals surface area contributed by atoms with Gasteiger partial charge in [0.2, 0.25) is 5.95 Å². The van der Waals surface area contributed by atoms with Crippen LogP contribution in [0.3, 0.4) is 0 Å². The molecule has 34 heavy (non-hydrogen) atoms. The van der Waals surface area contributed by atoms with Gasteiger partial charge in [-0.05, 0) is 63.4 Å². The first-order valence-corrected chi connectivity index (χ1v) is 12.0. The largest absolute Gasteiger partial charge is 0.371 e. The lowest BCUT2D eigenvalue weighted by molar-refractivity contribution is 0.364. The summed E-state index contributed by atoms with van der Waals surface area (Å²) >= 11 is 0. The maximum Gasteiger partial charge on any atom is 0.227 e. The van der Waals surface area contributed by atoms with Crippen LogP contribution in [0.4, 0.5) is 17.3 Å². The number of rotatable bonds is 6. The molecule has 1 saturated heterocycles. The molecule has 1 atom stereocenters. The fourth-order valence-electron chi connectivity index (χ4n) is 4.46. The molecule has 0 saturated carbocycles. The zero-order valence-corrected chi connectivity index (χ0v) is 19.9. The second kappa shape index (κ2) is 9.38. The Morgan fingerprint density at radius 1 is 1.15 bits per heavy atom. The molecular weight excluding hydrogens is 424 g/mol. The quantitative estimate of drug-likeness (QED) is 0.567. The van der Waals surface area contributed by atoms with Crippen LogP contribution in [0, 0.1) is 0 Å². The lowest BCUT2D eigenvalue weighted by Crippen LogP contribution is -2.48. The van der Waals surface area contributed by atoms with Crippen molar-refractivity contribution in [3.63, 3.8) is 0 Å². The highest BCUT2D eigenvalue weighted by Crippen LogP contribution is 2.31. The third-order valence-corrected chi connectivity index (χ3v) is 6.64. The molecule has 0 aliphatic carbocycles. The molecule has 3 aromatic rings. The van der Waals surface area contributed by atoms with Gasteiger partial charge in [0.25, 0.3) is 0 Å². The first-order valence-electron chi connectivity index (χ1n) is 12.0. The first-order chi connectivity index (χ1) is 16.5. The lowest BCUT2D eigenvalue weighted by atomic mass is 9.91. The molecule has 0 bridgehead atoms. The van der Waals surface area contributed by atoms with E-state index in [1.54, 1.807) is 6.20 Å². The van der Waals surface area contributed by atoms with Gasteiger partial charge in [0.05, 0.1) is 11.4 Å². The van der Waals surface area contributed by atoms with Crippen molar-refractivity contribution in [3.05, 3.63) is 60.7 Å². The minimum atomic E-state index is -0.0473. The van der Waals surface area contributed by atoms with Crippen molar-refractivity contribution in [1.82, 2.24) is 19.7 Å². The van der Waals surface area contributed by atoms with Gasteiger partial charge in [0, 0.05) is 72.8 Å². The maximum atomic E-state index is 6.28. The molecule has 8 nitrogen and oxygen atoms in total. The number of nitrogens with zero attached hydrogens (tertiary/aromatic N) is 6. The summed E-state index contributed by atoms with van der Waals surface area (Å²) in [6.45, 7) is 7.00. The van der Waals surface area contributed by atoms with E-state index < -0.39 is 0 Å². The number of nitrogens with one attached hydrogen (secondary N) is 1.